The quantitative estimate of drug-likeness (QED) is 0.760. The Morgan fingerprint density at radius 2 is 1.81 bits per heavy atom. The van der Waals surface area contributed by atoms with E-state index in [0.29, 0.717) is 18.3 Å². The molecular formula is C22H32NO3+. The van der Waals surface area contributed by atoms with Crippen LogP contribution in [-0.2, 0) is 13.1 Å². The Labute approximate surface area is 157 Å². The molecule has 0 fully saturated rings. The zero-order valence-corrected chi connectivity index (χ0v) is 16.8. The summed E-state index contributed by atoms with van der Waals surface area (Å²) in [5, 5.41) is 10.3. The molecule has 0 bridgehead atoms. The third-order valence-corrected chi connectivity index (χ3v) is 4.62. The van der Waals surface area contributed by atoms with Gasteiger partial charge < -0.3 is 19.5 Å². The second-order valence-electron chi connectivity index (χ2n) is 7.22. The number of ether oxygens (including phenoxy) is 2. The summed E-state index contributed by atoms with van der Waals surface area (Å²) in [6, 6.07) is 10.1. The van der Waals surface area contributed by atoms with Crippen molar-refractivity contribution in [2.24, 2.45) is 0 Å². The third kappa shape index (κ3) is 4.92. The van der Waals surface area contributed by atoms with Crippen LogP contribution in [0, 0.1) is 6.92 Å². The Hall–Kier alpha value is -2.20. The van der Waals surface area contributed by atoms with Gasteiger partial charge in [0.05, 0.1) is 20.8 Å². The lowest BCUT2D eigenvalue weighted by atomic mass is 9.95. The molecule has 4 nitrogen and oxygen atoms in total. The molecule has 1 unspecified atom stereocenters. The highest BCUT2D eigenvalue weighted by molar-refractivity contribution is 5.43. The van der Waals surface area contributed by atoms with Crippen LogP contribution >= 0.6 is 0 Å². The zero-order chi connectivity index (χ0) is 19.3. The standard InChI is InChI=1S/C22H31NO3/c1-7-26-21-9-8-17(11-22(21)25-6)13-23(5)14-18-12-19(15(2)3)16(4)10-20(18)24/h8-12,15,24H,7,13-14H2,1-6H3/p+1. The van der Waals surface area contributed by atoms with Crippen molar-refractivity contribution in [3.63, 3.8) is 0 Å². The van der Waals surface area contributed by atoms with Gasteiger partial charge in [-0.1, -0.05) is 13.8 Å². The molecule has 0 aromatic heterocycles. The maximum Gasteiger partial charge on any atom is 0.161 e. The predicted octanol–water partition coefficient (Wildman–Crippen LogP) is 3.45. The molecule has 2 N–H and O–H groups in total. The van der Waals surface area contributed by atoms with E-state index in [2.05, 4.69) is 40.0 Å². The van der Waals surface area contributed by atoms with E-state index in [1.54, 1.807) is 7.11 Å². The summed E-state index contributed by atoms with van der Waals surface area (Å²) in [6.45, 7) is 10.6. The molecule has 0 aliphatic heterocycles. The average molecular weight is 359 g/mol. The first-order chi connectivity index (χ1) is 12.3. The Bertz CT molecular complexity index is 740. The largest absolute Gasteiger partial charge is 0.507 e. The first kappa shape index (κ1) is 20.1. The van der Waals surface area contributed by atoms with E-state index >= 15 is 0 Å². The molecule has 2 aromatic rings. The van der Waals surface area contributed by atoms with Gasteiger partial charge in [-0.3, -0.25) is 0 Å². The number of benzene rings is 2. The molecule has 0 aliphatic carbocycles. The van der Waals surface area contributed by atoms with Gasteiger partial charge in [0.2, 0.25) is 0 Å². The van der Waals surface area contributed by atoms with Gasteiger partial charge in [0, 0.05) is 11.1 Å². The van der Waals surface area contributed by atoms with Gasteiger partial charge in [-0.15, -0.1) is 0 Å². The van der Waals surface area contributed by atoms with E-state index in [4.69, 9.17) is 9.47 Å². The summed E-state index contributed by atoms with van der Waals surface area (Å²) in [7, 11) is 3.80. The lowest BCUT2D eigenvalue weighted by Gasteiger charge is -2.18. The van der Waals surface area contributed by atoms with E-state index in [-0.39, 0.29) is 0 Å². The molecule has 1 atom stereocenters. The Balaban J connectivity index is 2.14. The minimum absolute atomic E-state index is 0.385. The van der Waals surface area contributed by atoms with Gasteiger partial charge in [-0.25, -0.2) is 0 Å². The molecule has 0 saturated carbocycles. The fraction of sp³-hybridized carbons (Fsp3) is 0.455. The monoisotopic (exact) mass is 358 g/mol. The molecular weight excluding hydrogens is 326 g/mol. The van der Waals surface area contributed by atoms with Crippen LogP contribution in [0.4, 0.5) is 0 Å². The number of aryl methyl sites for hydroxylation is 1. The molecule has 0 aliphatic rings. The third-order valence-electron chi connectivity index (χ3n) is 4.62. The molecule has 142 valence electrons. The van der Waals surface area contributed by atoms with Crippen molar-refractivity contribution in [3.05, 3.63) is 52.6 Å². The first-order valence-corrected chi connectivity index (χ1v) is 9.29. The first-order valence-electron chi connectivity index (χ1n) is 9.29. The van der Waals surface area contributed by atoms with E-state index < -0.39 is 0 Å². The maximum atomic E-state index is 10.3. The van der Waals surface area contributed by atoms with Crippen LogP contribution in [0.1, 0.15) is 48.9 Å². The molecule has 0 saturated heterocycles. The van der Waals surface area contributed by atoms with Crippen LogP contribution in [0.5, 0.6) is 17.2 Å². The molecule has 2 aromatic carbocycles. The van der Waals surface area contributed by atoms with Crippen LogP contribution in [0.3, 0.4) is 0 Å². The zero-order valence-electron chi connectivity index (χ0n) is 16.8. The lowest BCUT2D eigenvalue weighted by Crippen LogP contribution is -3.06. The predicted molar refractivity (Wildman–Crippen MR) is 105 cm³/mol. The summed E-state index contributed by atoms with van der Waals surface area (Å²) in [6.07, 6.45) is 0. The number of hydrogen-bond acceptors (Lipinski definition) is 3. The molecule has 0 spiro atoms. The van der Waals surface area contributed by atoms with Gasteiger partial charge in [0.25, 0.3) is 0 Å². The van der Waals surface area contributed by atoms with Crippen LogP contribution in [-0.4, -0.2) is 25.9 Å². The van der Waals surface area contributed by atoms with Crippen molar-refractivity contribution in [3.8, 4) is 17.2 Å². The average Bonchev–Trinajstić information content (AvgIpc) is 2.58. The van der Waals surface area contributed by atoms with E-state index in [1.807, 2.05) is 25.1 Å². The van der Waals surface area contributed by atoms with Gasteiger partial charge in [-0.05, 0) is 61.2 Å². The fourth-order valence-electron chi connectivity index (χ4n) is 3.35. The molecule has 26 heavy (non-hydrogen) atoms. The molecule has 0 radical (unpaired) electrons. The number of aromatic hydroxyl groups is 1. The van der Waals surface area contributed by atoms with Crippen LogP contribution in [0.2, 0.25) is 0 Å². The molecule has 2 rings (SSSR count). The summed E-state index contributed by atoms with van der Waals surface area (Å²) in [4.78, 5) is 1.30. The number of quaternary nitrogens is 1. The number of nitrogens with one attached hydrogen (secondary N) is 1. The number of methoxy groups -OCH3 is 1. The van der Waals surface area contributed by atoms with Gasteiger partial charge in [0.15, 0.2) is 11.5 Å². The molecule has 0 amide bonds. The number of phenolic OH excluding ortho intramolecular Hbond substituents is 1. The van der Waals surface area contributed by atoms with Crippen LogP contribution in [0.15, 0.2) is 30.3 Å². The summed E-state index contributed by atoms with van der Waals surface area (Å²) < 4.78 is 11.0. The van der Waals surface area contributed by atoms with E-state index in [9.17, 15) is 5.11 Å². The van der Waals surface area contributed by atoms with Crippen LogP contribution in [0.25, 0.3) is 0 Å². The van der Waals surface area contributed by atoms with E-state index in [0.717, 1.165) is 35.7 Å². The van der Waals surface area contributed by atoms with Gasteiger partial charge >= 0.3 is 0 Å². The summed E-state index contributed by atoms with van der Waals surface area (Å²) >= 11 is 0. The van der Waals surface area contributed by atoms with E-state index in [1.165, 1.54) is 16.0 Å². The van der Waals surface area contributed by atoms with Crippen molar-refractivity contribution in [2.45, 2.75) is 46.7 Å². The second kappa shape index (κ2) is 8.95. The van der Waals surface area contributed by atoms with Crippen molar-refractivity contribution in [1.82, 2.24) is 0 Å². The van der Waals surface area contributed by atoms with Crippen LogP contribution < -0.4 is 14.4 Å². The van der Waals surface area contributed by atoms with Crippen molar-refractivity contribution in [2.75, 3.05) is 20.8 Å². The minimum Gasteiger partial charge on any atom is -0.507 e. The Morgan fingerprint density at radius 1 is 1.08 bits per heavy atom. The summed E-state index contributed by atoms with van der Waals surface area (Å²) in [5.41, 5.74) is 4.62. The highest BCUT2D eigenvalue weighted by Crippen LogP contribution is 2.28. The maximum absolute atomic E-state index is 10.3. The topological polar surface area (TPSA) is 43.1 Å². The number of rotatable bonds is 8. The minimum atomic E-state index is 0.385. The van der Waals surface area contributed by atoms with Crippen molar-refractivity contribution < 1.29 is 19.5 Å². The molecule has 0 heterocycles. The Kier molecular flexibility index (Phi) is 6.92. The smallest absolute Gasteiger partial charge is 0.161 e. The second-order valence-corrected chi connectivity index (χ2v) is 7.22. The number of hydrogen-bond donors (Lipinski definition) is 2. The highest BCUT2D eigenvalue weighted by Gasteiger charge is 2.14. The van der Waals surface area contributed by atoms with Gasteiger partial charge in [0.1, 0.15) is 18.8 Å². The van der Waals surface area contributed by atoms with Gasteiger partial charge in [-0.2, -0.15) is 0 Å². The SMILES string of the molecule is CCOc1ccc(C[NH+](C)Cc2cc(C(C)C)c(C)cc2O)cc1OC. The highest BCUT2D eigenvalue weighted by atomic mass is 16.5. The molecule has 4 heteroatoms. The van der Waals surface area contributed by atoms with Crippen molar-refractivity contribution in [1.29, 1.82) is 0 Å². The lowest BCUT2D eigenvalue weighted by molar-refractivity contribution is -0.907. The Morgan fingerprint density at radius 3 is 2.42 bits per heavy atom. The van der Waals surface area contributed by atoms with Crippen molar-refractivity contribution >= 4 is 0 Å². The number of phenols is 1. The summed E-state index contributed by atoms with van der Waals surface area (Å²) in [5.74, 6) is 2.37. The normalized spacial score (nSPS) is 12.3. The fourth-order valence-corrected chi connectivity index (χ4v) is 3.35.